The van der Waals surface area contributed by atoms with Crippen molar-refractivity contribution >= 4 is 11.9 Å². The number of fused-ring (bicyclic) bond motifs is 1. The topological polar surface area (TPSA) is 99.2 Å². The fourth-order valence-corrected chi connectivity index (χ4v) is 2.14. The van der Waals surface area contributed by atoms with E-state index in [9.17, 15) is 4.79 Å². The minimum atomic E-state index is -0.900. The first-order chi connectivity index (χ1) is 8.61. The van der Waals surface area contributed by atoms with Gasteiger partial charge in [0.2, 0.25) is 0 Å². The van der Waals surface area contributed by atoms with Gasteiger partial charge >= 0.3 is 6.09 Å². The SMILES string of the molecule is NC(=NO)c1ccc2c(c1)CCCN(C(=O)O)C2. The number of oxime groups is 1. The highest BCUT2D eigenvalue weighted by molar-refractivity contribution is 5.97. The van der Waals surface area contributed by atoms with Crippen LogP contribution in [0, 0.1) is 0 Å². The van der Waals surface area contributed by atoms with Gasteiger partial charge in [-0.25, -0.2) is 4.79 Å². The fraction of sp³-hybridized carbons (Fsp3) is 0.333. The molecule has 0 atom stereocenters. The van der Waals surface area contributed by atoms with Gasteiger partial charge in [0.05, 0.1) is 0 Å². The third-order valence-electron chi connectivity index (χ3n) is 3.12. The van der Waals surface area contributed by atoms with E-state index in [1.54, 1.807) is 6.07 Å². The van der Waals surface area contributed by atoms with Gasteiger partial charge in [0, 0.05) is 18.7 Å². The summed E-state index contributed by atoms with van der Waals surface area (Å²) in [6, 6.07) is 5.43. The highest BCUT2D eigenvalue weighted by Gasteiger charge is 2.18. The lowest BCUT2D eigenvalue weighted by atomic mass is 10.0. The molecule has 96 valence electrons. The Morgan fingerprint density at radius 2 is 2.17 bits per heavy atom. The monoisotopic (exact) mass is 249 g/mol. The Hall–Kier alpha value is -2.24. The van der Waals surface area contributed by atoms with Crippen molar-refractivity contribution in [2.75, 3.05) is 6.54 Å². The van der Waals surface area contributed by atoms with Gasteiger partial charge in [0.15, 0.2) is 5.84 Å². The maximum atomic E-state index is 11.0. The van der Waals surface area contributed by atoms with Gasteiger partial charge < -0.3 is 20.9 Å². The molecule has 1 aromatic carbocycles. The Balaban J connectivity index is 2.32. The largest absolute Gasteiger partial charge is 0.465 e. The Bertz CT molecular complexity index is 499. The Morgan fingerprint density at radius 3 is 2.83 bits per heavy atom. The van der Waals surface area contributed by atoms with Gasteiger partial charge in [-0.2, -0.15) is 0 Å². The first-order valence-electron chi connectivity index (χ1n) is 5.69. The lowest BCUT2D eigenvalue weighted by molar-refractivity contribution is 0.143. The number of hydrogen-bond acceptors (Lipinski definition) is 3. The average molecular weight is 249 g/mol. The number of rotatable bonds is 1. The zero-order chi connectivity index (χ0) is 13.1. The molecule has 0 bridgehead atoms. The number of benzene rings is 1. The summed E-state index contributed by atoms with van der Waals surface area (Å²) in [4.78, 5) is 12.4. The van der Waals surface area contributed by atoms with Crippen molar-refractivity contribution in [3.8, 4) is 0 Å². The lowest BCUT2D eigenvalue weighted by Gasteiger charge is -2.16. The second-order valence-electron chi connectivity index (χ2n) is 4.28. The molecule has 2 rings (SSSR count). The molecule has 0 aliphatic carbocycles. The highest BCUT2D eigenvalue weighted by Crippen LogP contribution is 2.20. The molecule has 0 aromatic heterocycles. The maximum absolute atomic E-state index is 11.0. The van der Waals surface area contributed by atoms with Crippen LogP contribution < -0.4 is 5.73 Å². The van der Waals surface area contributed by atoms with E-state index in [4.69, 9.17) is 16.0 Å². The second kappa shape index (κ2) is 4.95. The quantitative estimate of drug-likeness (QED) is 0.301. The van der Waals surface area contributed by atoms with E-state index < -0.39 is 6.09 Å². The lowest BCUT2D eigenvalue weighted by Crippen LogP contribution is -2.28. The molecule has 1 heterocycles. The zero-order valence-electron chi connectivity index (χ0n) is 9.83. The molecular formula is C12H15N3O3. The summed E-state index contributed by atoms with van der Waals surface area (Å²) in [7, 11) is 0. The van der Waals surface area contributed by atoms with Crippen molar-refractivity contribution in [3.05, 3.63) is 34.9 Å². The molecule has 1 aliphatic heterocycles. The van der Waals surface area contributed by atoms with Gasteiger partial charge in [-0.05, 0) is 30.0 Å². The zero-order valence-corrected chi connectivity index (χ0v) is 9.83. The molecule has 1 amide bonds. The molecule has 1 aliphatic rings. The molecular weight excluding hydrogens is 234 g/mol. The molecule has 0 saturated heterocycles. The second-order valence-corrected chi connectivity index (χ2v) is 4.28. The van der Waals surface area contributed by atoms with Gasteiger partial charge in [0.25, 0.3) is 0 Å². The minimum Gasteiger partial charge on any atom is -0.465 e. The number of nitrogens with two attached hydrogens (primary N) is 1. The summed E-state index contributed by atoms with van der Waals surface area (Å²) >= 11 is 0. The van der Waals surface area contributed by atoms with Crippen LogP contribution in [0.3, 0.4) is 0 Å². The molecule has 0 fully saturated rings. The molecule has 18 heavy (non-hydrogen) atoms. The molecule has 4 N–H and O–H groups in total. The molecule has 6 nitrogen and oxygen atoms in total. The molecule has 0 saturated carbocycles. The normalized spacial score (nSPS) is 16.0. The third kappa shape index (κ3) is 2.37. The van der Waals surface area contributed by atoms with Crippen LogP contribution in [0.5, 0.6) is 0 Å². The number of carboxylic acid groups (broad SMARTS) is 1. The number of nitrogens with zero attached hydrogens (tertiary/aromatic N) is 2. The standard InChI is InChI=1S/C12H15N3O3/c13-11(14-18)9-3-4-10-7-15(12(16)17)5-1-2-8(10)6-9/h3-4,6,18H,1-2,5,7H2,(H2,13,14)(H,16,17). The third-order valence-corrected chi connectivity index (χ3v) is 3.12. The first-order valence-corrected chi connectivity index (χ1v) is 5.69. The van der Waals surface area contributed by atoms with Gasteiger partial charge in [-0.3, -0.25) is 0 Å². The number of aryl methyl sites for hydroxylation is 1. The number of hydrogen-bond donors (Lipinski definition) is 3. The molecule has 6 heteroatoms. The van der Waals surface area contributed by atoms with E-state index in [0.717, 1.165) is 24.0 Å². The van der Waals surface area contributed by atoms with Crippen molar-refractivity contribution in [2.45, 2.75) is 19.4 Å². The van der Waals surface area contributed by atoms with Crippen LogP contribution in [0.4, 0.5) is 4.79 Å². The first kappa shape index (κ1) is 12.2. The maximum Gasteiger partial charge on any atom is 0.407 e. The van der Waals surface area contributed by atoms with Crippen LogP contribution in [-0.2, 0) is 13.0 Å². The van der Waals surface area contributed by atoms with E-state index in [-0.39, 0.29) is 5.84 Å². The number of amides is 1. The summed E-state index contributed by atoms with van der Waals surface area (Å²) in [5.74, 6) is 0.0668. The Labute approximate surface area is 104 Å². The van der Waals surface area contributed by atoms with E-state index in [0.29, 0.717) is 18.7 Å². The highest BCUT2D eigenvalue weighted by atomic mass is 16.4. The van der Waals surface area contributed by atoms with Crippen molar-refractivity contribution in [2.24, 2.45) is 10.9 Å². The summed E-state index contributed by atoms with van der Waals surface area (Å²) in [5, 5.41) is 20.6. The van der Waals surface area contributed by atoms with Crippen molar-refractivity contribution in [1.29, 1.82) is 0 Å². The smallest absolute Gasteiger partial charge is 0.407 e. The molecule has 0 unspecified atom stereocenters. The van der Waals surface area contributed by atoms with Crippen molar-refractivity contribution in [1.82, 2.24) is 4.90 Å². The number of carbonyl (C=O) groups is 1. The van der Waals surface area contributed by atoms with E-state index >= 15 is 0 Å². The van der Waals surface area contributed by atoms with Gasteiger partial charge in [-0.1, -0.05) is 17.3 Å². The van der Waals surface area contributed by atoms with Crippen LogP contribution >= 0.6 is 0 Å². The van der Waals surface area contributed by atoms with Crippen LogP contribution in [0.2, 0.25) is 0 Å². The van der Waals surface area contributed by atoms with Crippen molar-refractivity contribution < 1.29 is 15.1 Å². The number of amidine groups is 1. The Kier molecular flexibility index (Phi) is 3.36. The predicted molar refractivity (Wildman–Crippen MR) is 65.7 cm³/mol. The Morgan fingerprint density at radius 1 is 1.39 bits per heavy atom. The summed E-state index contributed by atoms with van der Waals surface area (Å²) in [6.45, 7) is 0.921. The van der Waals surface area contributed by atoms with E-state index in [1.807, 2.05) is 12.1 Å². The molecule has 1 aromatic rings. The van der Waals surface area contributed by atoms with E-state index in [1.165, 1.54) is 4.90 Å². The van der Waals surface area contributed by atoms with Crippen molar-refractivity contribution in [3.63, 3.8) is 0 Å². The van der Waals surface area contributed by atoms with Crippen LogP contribution in [-0.4, -0.2) is 33.7 Å². The minimum absolute atomic E-state index is 0.0668. The van der Waals surface area contributed by atoms with Gasteiger partial charge in [-0.15, -0.1) is 0 Å². The fourth-order valence-electron chi connectivity index (χ4n) is 2.14. The van der Waals surface area contributed by atoms with Gasteiger partial charge in [0.1, 0.15) is 0 Å². The summed E-state index contributed by atoms with van der Waals surface area (Å²) in [5.41, 5.74) is 8.22. The van der Waals surface area contributed by atoms with Crippen LogP contribution in [0.1, 0.15) is 23.1 Å². The summed E-state index contributed by atoms with van der Waals surface area (Å²) in [6.07, 6.45) is 0.674. The molecule has 0 spiro atoms. The molecule has 0 radical (unpaired) electrons. The average Bonchev–Trinajstić information content (AvgIpc) is 2.58. The summed E-state index contributed by atoms with van der Waals surface area (Å²) < 4.78 is 0. The van der Waals surface area contributed by atoms with E-state index in [2.05, 4.69) is 5.16 Å². The predicted octanol–water partition coefficient (Wildman–Crippen LogP) is 1.21. The van der Waals surface area contributed by atoms with Crippen LogP contribution in [0.25, 0.3) is 0 Å². The van der Waals surface area contributed by atoms with Crippen LogP contribution in [0.15, 0.2) is 23.4 Å².